The minimum Gasteiger partial charge on any atom is -0.309 e. The summed E-state index contributed by atoms with van der Waals surface area (Å²) in [6.07, 6.45) is 0.868. The summed E-state index contributed by atoms with van der Waals surface area (Å²) in [5, 5.41) is 0.675. The van der Waals surface area contributed by atoms with E-state index in [-0.39, 0.29) is 16.9 Å². The van der Waals surface area contributed by atoms with Crippen LogP contribution in [0.4, 0.5) is 0 Å². The summed E-state index contributed by atoms with van der Waals surface area (Å²) in [7, 11) is 0. The summed E-state index contributed by atoms with van der Waals surface area (Å²) < 4.78 is 0. The summed E-state index contributed by atoms with van der Waals surface area (Å²) >= 11 is 7.41. The van der Waals surface area contributed by atoms with Gasteiger partial charge in [0.1, 0.15) is 10.7 Å². The highest BCUT2D eigenvalue weighted by molar-refractivity contribution is 7.19. The number of nitrogens with one attached hydrogen (secondary N) is 1. The molecular weight excluding hydrogens is 340 g/mol. The molecular formula is C19H21ClN2OS. The molecule has 1 N–H and O–H groups in total. The molecule has 0 saturated carbocycles. The van der Waals surface area contributed by atoms with E-state index in [2.05, 4.69) is 61.9 Å². The fraction of sp³-hybridized carbons (Fsp3) is 0.368. The molecule has 0 amide bonds. The maximum atomic E-state index is 12.6. The van der Waals surface area contributed by atoms with Gasteiger partial charge in [-0.05, 0) is 23.0 Å². The van der Waals surface area contributed by atoms with Crippen molar-refractivity contribution in [2.45, 2.75) is 45.4 Å². The van der Waals surface area contributed by atoms with Crippen molar-refractivity contribution in [1.82, 2.24) is 9.97 Å². The summed E-state index contributed by atoms with van der Waals surface area (Å²) in [5.41, 5.74) is 3.35. The van der Waals surface area contributed by atoms with Gasteiger partial charge in [-0.1, -0.05) is 52.0 Å². The van der Waals surface area contributed by atoms with Crippen LogP contribution in [0.3, 0.4) is 0 Å². The number of alkyl halides is 1. The molecule has 0 fully saturated rings. The van der Waals surface area contributed by atoms with E-state index in [1.165, 1.54) is 10.4 Å². The molecule has 24 heavy (non-hydrogen) atoms. The lowest BCUT2D eigenvalue weighted by molar-refractivity contribution is 0.590. The second kappa shape index (κ2) is 6.34. The number of fused-ring (bicyclic) bond motifs is 1. The van der Waals surface area contributed by atoms with Gasteiger partial charge < -0.3 is 4.98 Å². The second-order valence-electron chi connectivity index (χ2n) is 6.91. The van der Waals surface area contributed by atoms with Crippen LogP contribution >= 0.6 is 22.9 Å². The van der Waals surface area contributed by atoms with E-state index in [0.717, 1.165) is 22.4 Å². The summed E-state index contributed by atoms with van der Waals surface area (Å²) in [5.74, 6) is 0.730. The highest BCUT2D eigenvalue weighted by Gasteiger charge is 2.19. The normalized spacial score (nSPS) is 12.0. The van der Waals surface area contributed by atoms with Crippen LogP contribution in [0.2, 0.25) is 0 Å². The quantitative estimate of drug-likeness (QED) is 0.648. The van der Waals surface area contributed by atoms with E-state index in [9.17, 15) is 4.79 Å². The molecule has 3 nitrogen and oxygen atoms in total. The van der Waals surface area contributed by atoms with Crippen molar-refractivity contribution in [1.29, 1.82) is 0 Å². The van der Waals surface area contributed by atoms with Gasteiger partial charge in [-0.3, -0.25) is 4.79 Å². The van der Waals surface area contributed by atoms with Crippen molar-refractivity contribution in [3.63, 3.8) is 0 Å². The fourth-order valence-electron chi connectivity index (χ4n) is 2.85. The monoisotopic (exact) mass is 360 g/mol. The van der Waals surface area contributed by atoms with E-state index < -0.39 is 0 Å². The smallest absolute Gasteiger partial charge is 0.260 e. The second-order valence-corrected chi connectivity index (χ2v) is 8.26. The van der Waals surface area contributed by atoms with Crippen molar-refractivity contribution in [3.8, 4) is 11.1 Å². The molecule has 2 heterocycles. The van der Waals surface area contributed by atoms with Gasteiger partial charge in [0.2, 0.25) is 0 Å². The van der Waals surface area contributed by atoms with Gasteiger partial charge in [0.05, 0.1) is 11.3 Å². The van der Waals surface area contributed by atoms with Crippen molar-refractivity contribution < 1.29 is 0 Å². The number of H-pyrrole nitrogens is 1. The molecule has 0 unspecified atom stereocenters. The average molecular weight is 361 g/mol. The van der Waals surface area contributed by atoms with Crippen LogP contribution in [-0.4, -0.2) is 9.97 Å². The number of thiophene rings is 1. The largest absolute Gasteiger partial charge is 0.309 e. The van der Waals surface area contributed by atoms with E-state index in [0.29, 0.717) is 11.2 Å². The minimum absolute atomic E-state index is 0.108. The molecule has 3 aromatic rings. The molecule has 0 bridgehead atoms. The fourth-order valence-corrected chi connectivity index (χ4v) is 4.13. The lowest BCUT2D eigenvalue weighted by Gasteiger charge is -2.19. The lowest BCUT2D eigenvalue weighted by Crippen LogP contribution is -2.11. The topological polar surface area (TPSA) is 45.8 Å². The maximum absolute atomic E-state index is 12.6. The Morgan fingerprint density at radius 2 is 1.88 bits per heavy atom. The number of benzene rings is 1. The first-order chi connectivity index (χ1) is 11.3. The first kappa shape index (κ1) is 17.2. The first-order valence-electron chi connectivity index (χ1n) is 8.06. The number of rotatable bonds is 3. The maximum Gasteiger partial charge on any atom is 0.260 e. The Hall–Kier alpha value is -1.65. The molecule has 0 aliphatic heterocycles. The lowest BCUT2D eigenvalue weighted by atomic mass is 9.86. The van der Waals surface area contributed by atoms with Crippen LogP contribution in [0.15, 0.2) is 29.1 Å². The van der Waals surface area contributed by atoms with Crippen molar-refractivity contribution in [2.75, 3.05) is 0 Å². The third kappa shape index (κ3) is 3.01. The van der Waals surface area contributed by atoms with Gasteiger partial charge in [-0.2, -0.15) is 0 Å². The Morgan fingerprint density at radius 3 is 2.42 bits per heavy atom. The predicted octanol–water partition coefficient (Wildman–Crippen LogP) is 5.25. The highest BCUT2D eigenvalue weighted by atomic mass is 35.5. The molecule has 0 radical (unpaired) electrons. The van der Waals surface area contributed by atoms with Crippen LogP contribution in [0.25, 0.3) is 21.3 Å². The SMILES string of the molecule is CCc1sc2nc(CCl)[nH]c(=O)c2c1-c1ccc(C(C)(C)C)cc1. The highest BCUT2D eigenvalue weighted by Crippen LogP contribution is 2.37. The summed E-state index contributed by atoms with van der Waals surface area (Å²) in [6, 6.07) is 8.51. The summed E-state index contributed by atoms with van der Waals surface area (Å²) in [4.78, 5) is 21.8. The average Bonchev–Trinajstić information content (AvgIpc) is 2.93. The Bertz CT molecular complexity index is 933. The summed E-state index contributed by atoms with van der Waals surface area (Å²) in [6.45, 7) is 8.69. The van der Waals surface area contributed by atoms with Gasteiger partial charge in [0, 0.05) is 10.4 Å². The van der Waals surface area contributed by atoms with Crippen LogP contribution in [0, 0.1) is 0 Å². The third-order valence-electron chi connectivity index (χ3n) is 4.17. The number of hydrogen-bond acceptors (Lipinski definition) is 3. The first-order valence-corrected chi connectivity index (χ1v) is 9.41. The van der Waals surface area contributed by atoms with Gasteiger partial charge >= 0.3 is 0 Å². The van der Waals surface area contributed by atoms with Crippen LogP contribution in [0.5, 0.6) is 0 Å². The number of nitrogens with zero attached hydrogens (tertiary/aromatic N) is 1. The number of hydrogen-bond donors (Lipinski definition) is 1. The standard InChI is InChI=1S/C19H21ClN2OS/c1-5-13-15(11-6-8-12(9-7-11)19(2,3)4)16-17(23)21-14(10-20)22-18(16)24-13/h6-9H,5,10H2,1-4H3,(H,21,22,23). The molecule has 126 valence electrons. The van der Waals surface area contributed by atoms with E-state index >= 15 is 0 Å². The Balaban J connectivity index is 2.23. The van der Waals surface area contributed by atoms with Crippen LogP contribution < -0.4 is 5.56 Å². The molecule has 0 atom stereocenters. The van der Waals surface area contributed by atoms with Crippen LogP contribution in [0.1, 0.15) is 44.0 Å². The van der Waals surface area contributed by atoms with E-state index in [1.54, 1.807) is 11.3 Å². The van der Waals surface area contributed by atoms with Crippen molar-refractivity contribution in [2.24, 2.45) is 0 Å². The Labute approximate surface area is 150 Å². The molecule has 0 aliphatic carbocycles. The molecule has 5 heteroatoms. The Kier molecular flexibility index (Phi) is 4.54. The zero-order valence-corrected chi connectivity index (χ0v) is 15.9. The van der Waals surface area contributed by atoms with Gasteiger partial charge in [0.25, 0.3) is 5.56 Å². The van der Waals surface area contributed by atoms with Gasteiger partial charge in [-0.15, -0.1) is 22.9 Å². The van der Waals surface area contributed by atoms with Crippen molar-refractivity contribution in [3.05, 3.63) is 50.9 Å². The molecule has 2 aromatic heterocycles. The minimum atomic E-state index is -0.110. The Morgan fingerprint density at radius 1 is 1.21 bits per heavy atom. The molecule has 1 aromatic carbocycles. The van der Waals surface area contributed by atoms with Gasteiger partial charge in [0.15, 0.2) is 0 Å². The molecule has 0 aliphatic rings. The van der Waals surface area contributed by atoms with Crippen LogP contribution in [-0.2, 0) is 17.7 Å². The zero-order chi connectivity index (χ0) is 17.5. The number of aromatic amines is 1. The van der Waals surface area contributed by atoms with E-state index in [4.69, 9.17) is 11.6 Å². The molecule has 0 saturated heterocycles. The predicted molar refractivity (Wildman–Crippen MR) is 103 cm³/mol. The van der Waals surface area contributed by atoms with Crippen molar-refractivity contribution >= 4 is 33.2 Å². The molecule has 3 rings (SSSR count). The zero-order valence-electron chi connectivity index (χ0n) is 14.4. The van der Waals surface area contributed by atoms with E-state index in [1.807, 2.05) is 0 Å². The molecule has 0 spiro atoms. The number of aryl methyl sites for hydroxylation is 1. The number of halogens is 1. The number of aromatic nitrogens is 2. The third-order valence-corrected chi connectivity index (χ3v) is 5.65. The van der Waals surface area contributed by atoms with Gasteiger partial charge in [-0.25, -0.2) is 4.98 Å².